The van der Waals surface area contributed by atoms with Gasteiger partial charge in [0.2, 0.25) is 0 Å². The summed E-state index contributed by atoms with van der Waals surface area (Å²) in [5.41, 5.74) is 1.99. The lowest BCUT2D eigenvalue weighted by Gasteiger charge is -2.15. The number of ether oxygens (including phenoxy) is 1. The van der Waals surface area contributed by atoms with E-state index in [0.29, 0.717) is 16.9 Å². The highest BCUT2D eigenvalue weighted by Gasteiger charge is 2.11. The SMILES string of the molecule is c1cnc2sc(Oc3ccc(CCC4CCCCCN4)cc3)nc2n1. The molecule has 25 heavy (non-hydrogen) atoms. The van der Waals surface area contributed by atoms with Gasteiger partial charge in [0.05, 0.1) is 0 Å². The third-order valence-corrected chi connectivity index (χ3v) is 5.43. The summed E-state index contributed by atoms with van der Waals surface area (Å²) in [5.74, 6) is 0.801. The zero-order valence-corrected chi connectivity index (χ0v) is 15.0. The monoisotopic (exact) mass is 354 g/mol. The number of rotatable bonds is 5. The number of nitrogens with zero attached hydrogens (tertiary/aromatic N) is 3. The molecule has 130 valence electrons. The highest BCUT2D eigenvalue weighted by molar-refractivity contribution is 7.19. The van der Waals surface area contributed by atoms with Crippen LogP contribution in [0.5, 0.6) is 10.9 Å². The molecule has 1 unspecified atom stereocenters. The summed E-state index contributed by atoms with van der Waals surface area (Å²) in [6.07, 6.45) is 11.0. The first-order chi connectivity index (χ1) is 12.4. The maximum absolute atomic E-state index is 5.84. The van der Waals surface area contributed by atoms with Gasteiger partial charge >= 0.3 is 0 Å². The predicted molar refractivity (Wildman–Crippen MR) is 100 cm³/mol. The summed E-state index contributed by atoms with van der Waals surface area (Å²) in [7, 11) is 0. The minimum absolute atomic E-state index is 0.580. The second kappa shape index (κ2) is 7.89. The molecule has 1 N–H and O–H groups in total. The van der Waals surface area contributed by atoms with E-state index >= 15 is 0 Å². The molecule has 2 aromatic heterocycles. The molecule has 1 saturated heterocycles. The van der Waals surface area contributed by atoms with Crippen molar-refractivity contribution in [3.05, 3.63) is 42.2 Å². The molecule has 0 saturated carbocycles. The summed E-state index contributed by atoms with van der Waals surface area (Å²) in [4.78, 5) is 13.6. The predicted octanol–water partition coefficient (Wildman–Crippen LogP) is 4.34. The Kier molecular flexibility index (Phi) is 5.18. The molecule has 0 bridgehead atoms. The first-order valence-corrected chi connectivity index (χ1v) is 9.76. The van der Waals surface area contributed by atoms with Gasteiger partial charge in [-0.1, -0.05) is 36.3 Å². The molecule has 0 aliphatic carbocycles. The van der Waals surface area contributed by atoms with Crippen molar-refractivity contribution in [1.82, 2.24) is 20.3 Å². The van der Waals surface area contributed by atoms with Gasteiger partial charge in [-0.2, -0.15) is 4.98 Å². The van der Waals surface area contributed by atoms with E-state index in [9.17, 15) is 0 Å². The third-order valence-electron chi connectivity index (χ3n) is 4.60. The van der Waals surface area contributed by atoms with Crippen molar-refractivity contribution in [2.45, 2.75) is 44.6 Å². The van der Waals surface area contributed by atoms with Gasteiger partial charge < -0.3 is 10.1 Å². The van der Waals surface area contributed by atoms with Gasteiger partial charge in [0.15, 0.2) is 10.5 Å². The van der Waals surface area contributed by atoms with Crippen molar-refractivity contribution in [2.24, 2.45) is 0 Å². The van der Waals surface area contributed by atoms with E-state index in [2.05, 4.69) is 32.4 Å². The van der Waals surface area contributed by atoms with Crippen LogP contribution in [0, 0.1) is 0 Å². The molecule has 0 radical (unpaired) electrons. The zero-order valence-electron chi connectivity index (χ0n) is 14.1. The van der Waals surface area contributed by atoms with E-state index in [1.165, 1.54) is 55.5 Å². The van der Waals surface area contributed by atoms with E-state index in [0.717, 1.165) is 17.0 Å². The summed E-state index contributed by atoms with van der Waals surface area (Å²) < 4.78 is 5.84. The first-order valence-electron chi connectivity index (χ1n) is 8.94. The molecule has 0 amide bonds. The Bertz CT molecular complexity index is 777. The summed E-state index contributed by atoms with van der Waals surface area (Å²) in [6, 6.07) is 9.00. The number of thiazole rings is 1. The molecule has 3 heterocycles. The van der Waals surface area contributed by atoms with Crippen LogP contribution in [0.2, 0.25) is 0 Å². The highest BCUT2D eigenvalue weighted by Crippen LogP contribution is 2.29. The van der Waals surface area contributed by atoms with Crippen LogP contribution in [0.4, 0.5) is 0 Å². The van der Waals surface area contributed by atoms with Crippen molar-refractivity contribution >= 4 is 21.8 Å². The molecule has 1 aliphatic heterocycles. The Balaban J connectivity index is 1.34. The lowest BCUT2D eigenvalue weighted by Crippen LogP contribution is -2.28. The molecule has 3 aromatic rings. The Hall–Kier alpha value is -2.05. The molecule has 4 rings (SSSR count). The second-order valence-electron chi connectivity index (χ2n) is 6.45. The Morgan fingerprint density at radius 2 is 1.96 bits per heavy atom. The molecular weight excluding hydrogens is 332 g/mol. The quantitative estimate of drug-likeness (QED) is 0.738. The van der Waals surface area contributed by atoms with Crippen LogP contribution in [0.15, 0.2) is 36.7 Å². The van der Waals surface area contributed by atoms with Crippen LogP contribution < -0.4 is 10.1 Å². The van der Waals surface area contributed by atoms with Gasteiger partial charge in [-0.25, -0.2) is 9.97 Å². The summed E-state index contributed by atoms with van der Waals surface area (Å²) in [6.45, 7) is 1.17. The number of hydrogen-bond donors (Lipinski definition) is 1. The maximum atomic E-state index is 5.84. The van der Waals surface area contributed by atoms with E-state index in [1.54, 1.807) is 12.4 Å². The number of nitrogens with one attached hydrogen (secondary N) is 1. The zero-order chi connectivity index (χ0) is 16.9. The fourth-order valence-electron chi connectivity index (χ4n) is 3.22. The molecular formula is C19H22N4OS. The third kappa shape index (κ3) is 4.32. The molecule has 1 aliphatic rings. The van der Waals surface area contributed by atoms with Gasteiger partial charge in [0.25, 0.3) is 5.19 Å². The molecule has 1 aromatic carbocycles. The van der Waals surface area contributed by atoms with Gasteiger partial charge in [-0.15, -0.1) is 0 Å². The lowest BCUT2D eigenvalue weighted by molar-refractivity contribution is 0.475. The Labute approximate surface area is 151 Å². The highest BCUT2D eigenvalue weighted by atomic mass is 32.1. The van der Waals surface area contributed by atoms with Gasteiger partial charge in [-0.3, -0.25) is 0 Å². The van der Waals surface area contributed by atoms with Crippen LogP contribution >= 0.6 is 11.3 Å². The summed E-state index contributed by atoms with van der Waals surface area (Å²) in [5, 5.41) is 4.25. The second-order valence-corrected chi connectivity index (χ2v) is 7.39. The topological polar surface area (TPSA) is 59.9 Å². The Morgan fingerprint density at radius 1 is 1.08 bits per heavy atom. The number of fused-ring (bicyclic) bond motifs is 1. The van der Waals surface area contributed by atoms with E-state index in [-0.39, 0.29) is 0 Å². The minimum atomic E-state index is 0.580. The van der Waals surface area contributed by atoms with E-state index in [1.807, 2.05) is 12.1 Å². The van der Waals surface area contributed by atoms with Crippen LogP contribution in [0.1, 0.15) is 37.7 Å². The molecule has 1 atom stereocenters. The van der Waals surface area contributed by atoms with Crippen LogP contribution in [0.3, 0.4) is 0 Å². The van der Waals surface area contributed by atoms with Crippen LogP contribution in [-0.2, 0) is 6.42 Å². The van der Waals surface area contributed by atoms with Gasteiger partial charge in [0, 0.05) is 18.4 Å². The molecule has 6 heteroatoms. The van der Waals surface area contributed by atoms with Crippen molar-refractivity contribution in [1.29, 1.82) is 0 Å². The van der Waals surface area contributed by atoms with Crippen molar-refractivity contribution < 1.29 is 4.74 Å². The molecule has 0 spiro atoms. The van der Waals surface area contributed by atoms with Crippen LogP contribution in [-0.4, -0.2) is 27.5 Å². The normalized spacial score (nSPS) is 18.2. The van der Waals surface area contributed by atoms with Crippen LogP contribution in [0.25, 0.3) is 10.5 Å². The average molecular weight is 354 g/mol. The average Bonchev–Trinajstić information content (AvgIpc) is 2.86. The van der Waals surface area contributed by atoms with Crippen molar-refractivity contribution in [3.63, 3.8) is 0 Å². The number of aryl methyl sites for hydroxylation is 1. The fourth-order valence-corrected chi connectivity index (χ4v) is 3.95. The lowest BCUT2D eigenvalue weighted by atomic mass is 10.0. The van der Waals surface area contributed by atoms with E-state index in [4.69, 9.17) is 4.74 Å². The standard InChI is InChI=1S/C19H22N4OS/c1-2-4-15(20-11-3-1)8-5-14-6-9-16(10-7-14)24-19-23-17-18(25-19)22-13-12-21-17/h6-7,9-10,12-13,15,20H,1-5,8,11H2. The van der Waals surface area contributed by atoms with E-state index < -0.39 is 0 Å². The molecule has 1 fully saturated rings. The maximum Gasteiger partial charge on any atom is 0.282 e. The Morgan fingerprint density at radius 3 is 2.84 bits per heavy atom. The van der Waals surface area contributed by atoms with Gasteiger partial charge in [-0.05, 0) is 49.9 Å². The largest absolute Gasteiger partial charge is 0.431 e. The summed E-state index contributed by atoms with van der Waals surface area (Å²) >= 11 is 1.41. The van der Waals surface area contributed by atoms with Crippen molar-refractivity contribution in [3.8, 4) is 10.9 Å². The smallest absolute Gasteiger partial charge is 0.282 e. The number of aromatic nitrogens is 3. The number of hydrogen-bond acceptors (Lipinski definition) is 6. The molecule has 5 nitrogen and oxygen atoms in total. The fraction of sp³-hybridized carbons (Fsp3) is 0.421. The minimum Gasteiger partial charge on any atom is -0.431 e. The van der Waals surface area contributed by atoms with Crippen molar-refractivity contribution in [2.75, 3.05) is 6.54 Å². The van der Waals surface area contributed by atoms with Gasteiger partial charge in [0.1, 0.15) is 5.75 Å². The first kappa shape index (κ1) is 16.4. The number of benzene rings is 1.